The SMILES string of the molecule is COc1cc(C(=O)N2CCC(N3CCNCC3)C2)ccc1F.Cl. The molecule has 0 aromatic heterocycles. The Balaban J connectivity index is 0.00000192. The lowest BCUT2D eigenvalue weighted by atomic mass is 10.2. The maximum Gasteiger partial charge on any atom is 0.254 e. The van der Waals surface area contributed by atoms with Gasteiger partial charge in [-0.1, -0.05) is 0 Å². The van der Waals surface area contributed by atoms with Gasteiger partial charge in [-0.05, 0) is 24.6 Å². The number of likely N-dealkylation sites (tertiary alicyclic amines) is 1. The lowest BCUT2D eigenvalue weighted by Crippen LogP contribution is -2.49. The highest BCUT2D eigenvalue weighted by Gasteiger charge is 2.31. The first-order chi connectivity index (χ1) is 10.7. The van der Waals surface area contributed by atoms with Crippen molar-refractivity contribution in [1.82, 2.24) is 15.1 Å². The molecule has 1 unspecified atom stereocenters. The van der Waals surface area contributed by atoms with E-state index in [0.29, 0.717) is 11.6 Å². The average Bonchev–Trinajstić information content (AvgIpc) is 3.05. The van der Waals surface area contributed by atoms with E-state index in [1.165, 1.54) is 25.3 Å². The number of benzene rings is 1. The quantitative estimate of drug-likeness (QED) is 0.900. The van der Waals surface area contributed by atoms with Crippen LogP contribution in [0.4, 0.5) is 4.39 Å². The maximum atomic E-state index is 13.5. The van der Waals surface area contributed by atoms with Crippen molar-refractivity contribution in [3.8, 4) is 5.75 Å². The second-order valence-electron chi connectivity index (χ2n) is 5.83. The molecule has 0 saturated carbocycles. The molecule has 23 heavy (non-hydrogen) atoms. The van der Waals surface area contributed by atoms with Gasteiger partial charge in [0.1, 0.15) is 0 Å². The summed E-state index contributed by atoms with van der Waals surface area (Å²) in [5.41, 5.74) is 0.485. The van der Waals surface area contributed by atoms with Crippen LogP contribution < -0.4 is 10.1 Å². The zero-order valence-corrected chi connectivity index (χ0v) is 14.1. The van der Waals surface area contributed by atoms with Crippen LogP contribution >= 0.6 is 12.4 Å². The third-order valence-corrected chi connectivity index (χ3v) is 4.52. The molecule has 2 fully saturated rings. The van der Waals surface area contributed by atoms with Crippen LogP contribution in [0, 0.1) is 5.82 Å². The van der Waals surface area contributed by atoms with Gasteiger partial charge < -0.3 is 15.0 Å². The summed E-state index contributed by atoms with van der Waals surface area (Å²) in [4.78, 5) is 16.9. The summed E-state index contributed by atoms with van der Waals surface area (Å²) in [5, 5.41) is 3.34. The number of nitrogens with one attached hydrogen (secondary N) is 1. The lowest BCUT2D eigenvalue weighted by Gasteiger charge is -2.32. The first-order valence-electron chi connectivity index (χ1n) is 7.76. The minimum atomic E-state index is -0.445. The van der Waals surface area contributed by atoms with Crippen LogP contribution in [-0.4, -0.2) is 68.1 Å². The van der Waals surface area contributed by atoms with Crippen molar-refractivity contribution in [2.45, 2.75) is 12.5 Å². The van der Waals surface area contributed by atoms with E-state index in [1.54, 1.807) is 0 Å². The Morgan fingerprint density at radius 3 is 2.74 bits per heavy atom. The topological polar surface area (TPSA) is 44.8 Å². The number of carbonyl (C=O) groups excluding carboxylic acids is 1. The van der Waals surface area contributed by atoms with Crippen LogP contribution in [0.2, 0.25) is 0 Å². The van der Waals surface area contributed by atoms with E-state index in [-0.39, 0.29) is 24.1 Å². The first-order valence-corrected chi connectivity index (χ1v) is 7.76. The van der Waals surface area contributed by atoms with Crippen molar-refractivity contribution < 1.29 is 13.9 Å². The average molecular weight is 344 g/mol. The number of halogens is 2. The Bertz CT molecular complexity index is 552. The second-order valence-corrected chi connectivity index (χ2v) is 5.83. The number of methoxy groups -OCH3 is 1. The van der Waals surface area contributed by atoms with Gasteiger partial charge >= 0.3 is 0 Å². The van der Waals surface area contributed by atoms with E-state index in [9.17, 15) is 9.18 Å². The summed E-state index contributed by atoms with van der Waals surface area (Å²) >= 11 is 0. The molecule has 0 spiro atoms. The van der Waals surface area contributed by atoms with Crippen LogP contribution in [-0.2, 0) is 0 Å². The molecular formula is C16H23ClFN3O2. The van der Waals surface area contributed by atoms with E-state index in [2.05, 4.69) is 10.2 Å². The van der Waals surface area contributed by atoms with Gasteiger partial charge in [0, 0.05) is 50.9 Å². The Kier molecular flexibility index (Phi) is 6.21. The molecule has 1 N–H and O–H groups in total. The molecule has 2 heterocycles. The van der Waals surface area contributed by atoms with Gasteiger partial charge in [-0.25, -0.2) is 4.39 Å². The minimum Gasteiger partial charge on any atom is -0.494 e. The van der Waals surface area contributed by atoms with Crippen molar-refractivity contribution in [2.24, 2.45) is 0 Å². The molecule has 2 aliphatic rings. The highest BCUT2D eigenvalue weighted by atomic mass is 35.5. The van der Waals surface area contributed by atoms with Gasteiger partial charge in [-0.2, -0.15) is 0 Å². The zero-order chi connectivity index (χ0) is 15.5. The molecular weight excluding hydrogens is 321 g/mol. The summed E-state index contributed by atoms with van der Waals surface area (Å²) in [6.45, 7) is 5.61. The van der Waals surface area contributed by atoms with E-state index in [0.717, 1.165) is 45.7 Å². The molecule has 1 atom stereocenters. The van der Waals surface area contributed by atoms with Crippen molar-refractivity contribution in [3.63, 3.8) is 0 Å². The summed E-state index contributed by atoms with van der Waals surface area (Å²) in [5.74, 6) is -0.376. The van der Waals surface area contributed by atoms with Crippen LogP contribution in [0.1, 0.15) is 16.8 Å². The molecule has 1 aromatic carbocycles. The van der Waals surface area contributed by atoms with E-state index in [1.807, 2.05) is 4.90 Å². The highest BCUT2D eigenvalue weighted by molar-refractivity contribution is 5.94. The number of amides is 1. The zero-order valence-electron chi connectivity index (χ0n) is 13.3. The van der Waals surface area contributed by atoms with Gasteiger partial charge in [0.05, 0.1) is 7.11 Å². The summed E-state index contributed by atoms with van der Waals surface area (Å²) in [7, 11) is 1.41. The molecule has 128 valence electrons. The predicted octanol–water partition coefficient (Wildman–Crippen LogP) is 1.38. The van der Waals surface area contributed by atoms with E-state index in [4.69, 9.17) is 4.74 Å². The Morgan fingerprint density at radius 1 is 1.30 bits per heavy atom. The predicted molar refractivity (Wildman–Crippen MR) is 89.0 cm³/mol. The molecule has 2 aliphatic heterocycles. The number of carbonyl (C=O) groups is 1. The number of nitrogens with zero attached hydrogens (tertiary/aromatic N) is 2. The largest absolute Gasteiger partial charge is 0.494 e. The Labute approximate surface area is 142 Å². The Morgan fingerprint density at radius 2 is 2.04 bits per heavy atom. The van der Waals surface area contributed by atoms with Crippen molar-refractivity contribution in [3.05, 3.63) is 29.6 Å². The number of rotatable bonds is 3. The smallest absolute Gasteiger partial charge is 0.254 e. The Hall–Kier alpha value is -1.37. The molecule has 0 radical (unpaired) electrons. The summed E-state index contributed by atoms with van der Waals surface area (Å²) < 4.78 is 18.4. The maximum absolute atomic E-state index is 13.5. The monoisotopic (exact) mass is 343 g/mol. The normalized spacial score (nSPS) is 21.8. The summed E-state index contributed by atoms with van der Waals surface area (Å²) in [6, 6.07) is 4.73. The molecule has 0 bridgehead atoms. The van der Waals surface area contributed by atoms with Gasteiger partial charge in [-0.15, -0.1) is 12.4 Å². The van der Waals surface area contributed by atoms with Crippen LogP contribution in [0.5, 0.6) is 5.75 Å². The fraction of sp³-hybridized carbons (Fsp3) is 0.562. The summed E-state index contributed by atoms with van der Waals surface area (Å²) in [6.07, 6.45) is 1.00. The molecule has 0 aliphatic carbocycles. The minimum absolute atomic E-state index is 0. The van der Waals surface area contributed by atoms with Gasteiger partial charge in [0.25, 0.3) is 5.91 Å². The lowest BCUT2D eigenvalue weighted by molar-refractivity contribution is 0.0773. The number of hydrogen-bond acceptors (Lipinski definition) is 4. The third kappa shape index (κ3) is 3.94. The van der Waals surface area contributed by atoms with Gasteiger partial charge in [0.15, 0.2) is 11.6 Å². The van der Waals surface area contributed by atoms with Crippen molar-refractivity contribution in [2.75, 3.05) is 46.4 Å². The fourth-order valence-corrected chi connectivity index (χ4v) is 3.25. The molecule has 5 nitrogen and oxygen atoms in total. The molecule has 1 amide bonds. The van der Waals surface area contributed by atoms with E-state index < -0.39 is 5.82 Å². The van der Waals surface area contributed by atoms with Gasteiger partial charge in [-0.3, -0.25) is 9.69 Å². The standard InChI is InChI=1S/C16H22FN3O2.ClH/c1-22-15-10-12(2-3-14(15)17)16(21)20-7-4-13(11-20)19-8-5-18-6-9-19;/h2-3,10,13,18H,4-9,11H2,1H3;1H. The number of ether oxygens (including phenoxy) is 1. The molecule has 7 heteroatoms. The van der Waals surface area contributed by atoms with Crippen LogP contribution in [0.3, 0.4) is 0 Å². The molecule has 2 saturated heterocycles. The fourth-order valence-electron chi connectivity index (χ4n) is 3.25. The van der Waals surface area contributed by atoms with Crippen molar-refractivity contribution >= 4 is 18.3 Å². The molecule has 3 rings (SSSR count). The van der Waals surface area contributed by atoms with Gasteiger partial charge in [0.2, 0.25) is 0 Å². The second kappa shape index (κ2) is 7.95. The number of hydrogen-bond donors (Lipinski definition) is 1. The van der Waals surface area contributed by atoms with Crippen LogP contribution in [0.25, 0.3) is 0 Å². The molecule has 1 aromatic rings. The van der Waals surface area contributed by atoms with Crippen molar-refractivity contribution in [1.29, 1.82) is 0 Å². The van der Waals surface area contributed by atoms with Crippen LogP contribution in [0.15, 0.2) is 18.2 Å². The third-order valence-electron chi connectivity index (χ3n) is 4.52. The number of piperazine rings is 1. The highest BCUT2D eigenvalue weighted by Crippen LogP contribution is 2.22. The first kappa shape index (κ1) is 18.0. The van der Waals surface area contributed by atoms with E-state index >= 15 is 0 Å².